The van der Waals surface area contributed by atoms with E-state index in [9.17, 15) is 24.9 Å². The summed E-state index contributed by atoms with van der Waals surface area (Å²) in [4.78, 5) is 36.9. The molecule has 1 fully saturated rings. The number of fused-ring (bicyclic) bond motifs is 1. The van der Waals surface area contributed by atoms with Gasteiger partial charge in [-0.2, -0.15) is 0 Å². The fourth-order valence-corrected chi connectivity index (χ4v) is 4.28. The Balaban J connectivity index is 1.24. The highest BCUT2D eigenvalue weighted by Crippen LogP contribution is 2.32. The predicted octanol–water partition coefficient (Wildman–Crippen LogP) is 1.15. The largest absolute Gasteiger partial charge is 0.465 e. The number of esters is 1. The van der Waals surface area contributed by atoms with Gasteiger partial charge in [-0.15, -0.1) is 0 Å². The van der Waals surface area contributed by atoms with Crippen molar-refractivity contribution in [2.24, 2.45) is 0 Å². The number of imidazole rings is 1. The Kier molecular flexibility index (Phi) is 7.47. The van der Waals surface area contributed by atoms with Gasteiger partial charge in [0, 0.05) is 11.4 Å². The maximum Gasteiger partial charge on any atom is 0.337 e. The lowest BCUT2D eigenvalue weighted by atomic mass is 10.1. The van der Waals surface area contributed by atoms with Crippen molar-refractivity contribution in [3.63, 3.8) is 0 Å². The second-order valence-corrected chi connectivity index (χ2v) is 8.89. The van der Waals surface area contributed by atoms with E-state index in [1.807, 2.05) is 0 Å². The Hall–Kier alpha value is -4.43. The van der Waals surface area contributed by atoms with Crippen molar-refractivity contribution in [2.45, 2.75) is 31.0 Å². The van der Waals surface area contributed by atoms with E-state index >= 15 is 0 Å². The standard InChI is InChI=1S/C26H26N6O7/c1-38-26(37)15-4-8-16(9-5-15)30-19(34)10-14-2-6-17(7-3-14)31-23-20-24(28-12-27-23)32(13-29-20)25-22(36)21(35)18(11-33)39-25/h2-9,12-13,18,21-22,25,33,35-36H,10-11H2,1H3,(H,30,34)(H,27,28,31)/t18-,21-,22-,25-/m1/s1. The average molecular weight is 535 g/mol. The minimum absolute atomic E-state index is 0.144. The quantitative estimate of drug-likeness (QED) is 0.205. The van der Waals surface area contributed by atoms with Crippen LogP contribution >= 0.6 is 0 Å². The highest BCUT2D eigenvalue weighted by Gasteiger charge is 2.44. The summed E-state index contributed by atoms with van der Waals surface area (Å²) < 4.78 is 11.7. The number of aliphatic hydroxyl groups excluding tert-OH is 3. The van der Waals surface area contributed by atoms with Gasteiger partial charge in [-0.25, -0.2) is 19.7 Å². The fourth-order valence-electron chi connectivity index (χ4n) is 4.28. The Morgan fingerprint density at radius 1 is 1.00 bits per heavy atom. The first-order chi connectivity index (χ1) is 18.9. The summed E-state index contributed by atoms with van der Waals surface area (Å²) in [7, 11) is 1.31. The van der Waals surface area contributed by atoms with Gasteiger partial charge >= 0.3 is 5.97 Å². The van der Waals surface area contributed by atoms with Crippen LogP contribution in [0.15, 0.2) is 61.2 Å². The maximum atomic E-state index is 12.5. The predicted molar refractivity (Wildman–Crippen MR) is 138 cm³/mol. The molecule has 39 heavy (non-hydrogen) atoms. The van der Waals surface area contributed by atoms with E-state index in [2.05, 4.69) is 30.3 Å². The van der Waals surface area contributed by atoms with Crippen LogP contribution in [0, 0.1) is 0 Å². The van der Waals surface area contributed by atoms with Gasteiger partial charge in [0.15, 0.2) is 23.2 Å². The number of methoxy groups -OCH3 is 1. The lowest BCUT2D eigenvalue weighted by Gasteiger charge is -2.16. The summed E-state index contributed by atoms with van der Waals surface area (Å²) in [5.74, 6) is -0.254. The molecule has 1 saturated heterocycles. The summed E-state index contributed by atoms with van der Waals surface area (Å²) in [6.07, 6.45) is -1.50. The number of aliphatic hydroxyl groups is 3. The fraction of sp³-hybridized carbons (Fsp3) is 0.269. The molecule has 0 unspecified atom stereocenters. The van der Waals surface area contributed by atoms with Crippen LogP contribution in [-0.2, 0) is 20.7 Å². The molecule has 1 aliphatic heterocycles. The molecule has 202 valence electrons. The number of amides is 1. The molecule has 5 N–H and O–H groups in total. The summed E-state index contributed by atoms with van der Waals surface area (Å²) in [5.41, 5.74) is 3.22. The van der Waals surface area contributed by atoms with Gasteiger partial charge in [0.1, 0.15) is 24.6 Å². The highest BCUT2D eigenvalue weighted by molar-refractivity contribution is 5.94. The molecule has 13 heteroatoms. The lowest BCUT2D eigenvalue weighted by Crippen LogP contribution is -2.33. The van der Waals surface area contributed by atoms with Crippen LogP contribution in [0.4, 0.5) is 17.2 Å². The Labute approximate surface area is 222 Å². The van der Waals surface area contributed by atoms with Gasteiger partial charge in [-0.3, -0.25) is 9.36 Å². The Morgan fingerprint density at radius 2 is 1.72 bits per heavy atom. The van der Waals surface area contributed by atoms with Crippen LogP contribution in [0.2, 0.25) is 0 Å². The number of nitrogens with zero attached hydrogens (tertiary/aromatic N) is 4. The normalized spacial score (nSPS) is 20.6. The molecular weight excluding hydrogens is 508 g/mol. The second kappa shape index (κ2) is 11.1. The third kappa shape index (κ3) is 5.42. The molecule has 2 aromatic carbocycles. The van der Waals surface area contributed by atoms with Crippen molar-refractivity contribution >= 4 is 40.2 Å². The number of carbonyl (C=O) groups is 2. The molecule has 2 aromatic heterocycles. The summed E-state index contributed by atoms with van der Waals surface area (Å²) in [5, 5.41) is 35.8. The van der Waals surface area contributed by atoms with Gasteiger partial charge in [0.25, 0.3) is 0 Å². The van der Waals surface area contributed by atoms with Crippen LogP contribution < -0.4 is 10.6 Å². The van der Waals surface area contributed by atoms with Gasteiger partial charge in [0.05, 0.1) is 32.0 Å². The lowest BCUT2D eigenvalue weighted by molar-refractivity contribution is -0.115. The van der Waals surface area contributed by atoms with E-state index < -0.39 is 37.1 Å². The van der Waals surface area contributed by atoms with Crippen molar-refractivity contribution < 1.29 is 34.4 Å². The SMILES string of the molecule is COC(=O)c1ccc(NC(=O)Cc2ccc(Nc3ncnc4c3ncn4[C@@H]3O[C@H](CO)[C@@H](O)[C@H]3O)cc2)cc1. The van der Waals surface area contributed by atoms with Crippen molar-refractivity contribution in [3.05, 3.63) is 72.3 Å². The zero-order valence-corrected chi connectivity index (χ0v) is 20.8. The van der Waals surface area contributed by atoms with Crippen molar-refractivity contribution in [3.8, 4) is 0 Å². The minimum atomic E-state index is -1.27. The Morgan fingerprint density at radius 3 is 2.38 bits per heavy atom. The molecule has 4 atom stereocenters. The molecule has 0 spiro atoms. The van der Waals surface area contributed by atoms with Crippen molar-refractivity contribution in [1.82, 2.24) is 19.5 Å². The van der Waals surface area contributed by atoms with Gasteiger partial charge in [-0.05, 0) is 42.0 Å². The third-order valence-electron chi connectivity index (χ3n) is 6.32. The van der Waals surface area contributed by atoms with Gasteiger partial charge in [0.2, 0.25) is 5.91 Å². The number of aromatic nitrogens is 4. The van der Waals surface area contributed by atoms with E-state index in [1.165, 1.54) is 24.3 Å². The molecule has 5 rings (SSSR count). The van der Waals surface area contributed by atoms with E-state index in [0.717, 1.165) is 5.56 Å². The van der Waals surface area contributed by atoms with Crippen LogP contribution in [0.3, 0.4) is 0 Å². The first-order valence-corrected chi connectivity index (χ1v) is 12.0. The maximum absolute atomic E-state index is 12.5. The van der Waals surface area contributed by atoms with Crippen LogP contribution in [-0.4, -0.2) is 78.7 Å². The number of carbonyl (C=O) groups excluding carboxylic acids is 2. The highest BCUT2D eigenvalue weighted by atomic mass is 16.6. The molecule has 13 nitrogen and oxygen atoms in total. The topological polar surface area (TPSA) is 181 Å². The van der Waals surface area contributed by atoms with Crippen LogP contribution in [0.25, 0.3) is 11.2 Å². The molecule has 0 radical (unpaired) electrons. The second-order valence-electron chi connectivity index (χ2n) is 8.89. The number of anilines is 3. The average Bonchev–Trinajstić information content (AvgIpc) is 3.50. The van der Waals surface area contributed by atoms with E-state index in [1.54, 1.807) is 48.5 Å². The first-order valence-electron chi connectivity index (χ1n) is 12.0. The molecule has 0 aliphatic carbocycles. The minimum Gasteiger partial charge on any atom is -0.465 e. The molecule has 4 aromatic rings. The molecule has 0 saturated carbocycles. The number of nitrogens with one attached hydrogen (secondary N) is 2. The number of rotatable bonds is 8. The van der Waals surface area contributed by atoms with Gasteiger partial charge < -0.3 is 35.4 Å². The molecule has 3 heterocycles. The summed E-state index contributed by atoms with van der Waals surface area (Å²) in [6.45, 7) is -0.440. The van der Waals surface area contributed by atoms with Crippen molar-refractivity contribution in [2.75, 3.05) is 24.4 Å². The molecule has 1 aliphatic rings. The zero-order valence-electron chi connectivity index (χ0n) is 20.8. The number of hydrogen-bond acceptors (Lipinski definition) is 11. The monoisotopic (exact) mass is 534 g/mol. The van der Waals surface area contributed by atoms with E-state index in [-0.39, 0.29) is 12.3 Å². The number of hydrogen-bond donors (Lipinski definition) is 5. The molecular formula is C26H26N6O7. The van der Waals surface area contributed by atoms with Crippen LogP contribution in [0.5, 0.6) is 0 Å². The molecule has 0 bridgehead atoms. The van der Waals surface area contributed by atoms with Crippen molar-refractivity contribution in [1.29, 1.82) is 0 Å². The summed E-state index contributed by atoms with van der Waals surface area (Å²) >= 11 is 0. The zero-order chi connectivity index (χ0) is 27.5. The smallest absolute Gasteiger partial charge is 0.337 e. The van der Waals surface area contributed by atoms with E-state index in [0.29, 0.717) is 33.9 Å². The molecule has 1 amide bonds. The van der Waals surface area contributed by atoms with Gasteiger partial charge in [-0.1, -0.05) is 12.1 Å². The third-order valence-corrected chi connectivity index (χ3v) is 6.32. The Bertz CT molecular complexity index is 1470. The number of ether oxygens (including phenoxy) is 2. The number of benzene rings is 2. The summed E-state index contributed by atoms with van der Waals surface area (Å²) in [6, 6.07) is 13.6. The first kappa shape index (κ1) is 26.2. The van der Waals surface area contributed by atoms with Crippen LogP contribution in [0.1, 0.15) is 22.1 Å². The van der Waals surface area contributed by atoms with E-state index in [4.69, 9.17) is 4.74 Å².